The zero-order chi connectivity index (χ0) is 15.9. The first-order valence-corrected chi connectivity index (χ1v) is 8.44. The van der Waals surface area contributed by atoms with E-state index < -0.39 is 0 Å². The lowest BCUT2D eigenvalue weighted by Crippen LogP contribution is -2.03. The molecular formula is C17H23N3OS. The fourth-order valence-corrected chi connectivity index (χ4v) is 2.98. The van der Waals surface area contributed by atoms with Gasteiger partial charge in [-0.1, -0.05) is 30.0 Å². The molecule has 1 aromatic heterocycles. The number of allylic oxidation sites excluding steroid dienone is 1. The van der Waals surface area contributed by atoms with Gasteiger partial charge in [0.1, 0.15) is 11.6 Å². The smallest absolute Gasteiger partial charge is 0.191 e. The molecule has 0 atom stereocenters. The van der Waals surface area contributed by atoms with Crippen molar-refractivity contribution in [2.75, 3.05) is 12.4 Å². The molecule has 118 valence electrons. The lowest BCUT2D eigenvalue weighted by atomic mass is 10.1. The van der Waals surface area contributed by atoms with E-state index in [1.165, 1.54) is 11.1 Å². The molecule has 0 saturated carbocycles. The summed E-state index contributed by atoms with van der Waals surface area (Å²) in [5, 5.41) is 9.27. The predicted molar refractivity (Wildman–Crippen MR) is 91.7 cm³/mol. The molecule has 1 aromatic carbocycles. The lowest BCUT2D eigenvalue weighted by molar-refractivity contribution is 0.316. The van der Waals surface area contributed by atoms with Gasteiger partial charge >= 0.3 is 0 Å². The summed E-state index contributed by atoms with van der Waals surface area (Å²) >= 11 is 1.71. The van der Waals surface area contributed by atoms with Crippen LogP contribution in [0, 0.1) is 20.8 Å². The fourth-order valence-electron chi connectivity index (χ4n) is 2.07. The molecule has 0 N–H and O–H groups in total. The van der Waals surface area contributed by atoms with E-state index in [0.717, 1.165) is 35.4 Å². The molecule has 0 aliphatic carbocycles. The van der Waals surface area contributed by atoms with Crippen molar-refractivity contribution in [1.82, 2.24) is 14.8 Å². The van der Waals surface area contributed by atoms with Crippen LogP contribution in [-0.4, -0.2) is 27.1 Å². The van der Waals surface area contributed by atoms with E-state index in [9.17, 15) is 0 Å². The lowest BCUT2D eigenvalue weighted by Gasteiger charge is -2.10. The summed E-state index contributed by atoms with van der Waals surface area (Å²) in [6.45, 7) is 11.4. The Morgan fingerprint density at radius 3 is 2.86 bits per heavy atom. The van der Waals surface area contributed by atoms with Gasteiger partial charge in [-0.3, -0.25) is 0 Å². The quantitative estimate of drug-likeness (QED) is 0.420. The van der Waals surface area contributed by atoms with Crippen molar-refractivity contribution in [3.8, 4) is 5.75 Å². The third-order valence-electron chi connectivity index (χ3n) is 3.33. The summed E-state index contributed by atoms with van der Waals surface area (Å²) < 4.78 is 7.94. The zero-order valence-electron chi connectivity index (χ0n) is 13.5. The SMILES string of the molecule is C=CCn1c(C)nnc1SCCCOc1cc(C)ccc1C. The minimum atomic E-state index is 0.714. The van der Waals surface area contributed by atoms with Gasteiger partial charge in [-0.25, -0.2) is 0 Å². The Morgan fingerprint density at radius 2 is 2.09 bits per heavy atom. The van der Waals surface area contributed by atoms with Gasteiger partial charge in [0.15, 0.2) is 5.16 Å². The molecule has 2 aromatic rings. The number of aryl methyl sites for hydroxylation is 3. The van der Waals surface area contributed by atoms with Gasteiger partial charge < -0.3 is 9.30 Å². The Morgan fingerprint density at radius 1 is 1.27 bits per heavy atom. The molecule has 0 fully saturated rings. The average molecular weight is 317 g/mol. The van der Waals surface area contributed by atoms with Crippen molar-refractivity contribution in [1.29, 1.82) is 0 Å². The highest BCUT2D eigenvalue weighted by atomic mass is 32.2. The summed E-state index contributed by atoms with van der Waals surface area (Å²) in [5.74, 6) is 2.87. The predicted octanol–water partition coefficient (Wildman–Crippen LogP) is 3.95. The third-order valence-corrected chi connectivity index (χ3v) is 4.39. The number of ether oxygens (including phenoxy) is 1. The van der Waals surface area contributed by atoms with Crippen LogP contribution in [0.4, 0.5) is 0 Å². The molecule has 22 heavy (non-hydrogen) atoms. The van der Waals surface area contributed by atoms with Crippen LogP contribution in [0.3, 0.4) is 0 Å². The van der Waals surface area contributed by atoms with Crippen LogP contribution in [0.2, 0.25) is 0 Å². The van der Waals surface area contributed by atoms with E-state index in [4.69, 9.17) is 4.74 Å². The Kier molecular flexibility index (Phi) is 6.07. The van der Waals surface area contributed by atoms with Crippen LogP contribution in [0.1, 0.15) is 23.4 Å². The first-order valence-electron chi connectivity index (χ1n) is 7.45. The second-order valence-corrected chi connectivity index (χ2v) is 6.31. The van der Waals surface area contributed by atoms with Gasteiger partial charge in [0.2, 0.25) is 0 Å². The first-order chi connectivity index (χ1) is 10.6. The molecule has 1 heterocycles. The molecule has 0 radical (unpaired) electrons. The van der Waals surface area contributed by atoms with Crippen molar-refractivity contribution in [2.24, 2.45) is 0 Å². The monoisotopic (exact) mass is 317 g/mol. The molecule has 5 heteroatoms. The van der Waals surface area contributed by atoms with Crippen LogP contribution >= 0.6 is 11.8 Å². The Labute approximate surface area is 136 Å². The third kappa shape index (κ3) is 4.37. The molecule has 0 saturated heterocycles. The molecule has 0 spiro atoms. The number of benzene rings is 1. The van der Waals surface area contributed by atoms with E-state index in [1.54, 1.807) is 11.8 Å². The Hall–Kier alpha value is -1.75. The molecular weight excluding hydrogens is 294 g/mol. The topological polar surface area (TPSA) is 39.9 Å². The molecule has 4 nitrogen and oxygen atoms in total. The minimum Gasteiger partial charge on any atom is -0.493 e. The molecule has 0 bridgehead atoms. The van der Waals surface area contributed by atoms with E-state index >= 15 is 0 Å². The number of hydrogen-bond acceptors (Lipinski definition) is 4. The zero-order valence-corrected chi connectivity index (χ0v) is 14.3. The van der Waals surface area contributed by atoms with E-state index in [1.807, 2.05) is 13.0 Å². The van der Waals surface area contributed by atoms with Crippen LogP contribution in [0.25, 0.3) is 0 Å². The van der Waals surface area contributed by atoms with Gasteiger partial charge in [0.25, 0.3) is 0 Å². The standard InChI is InChI=1S/C17H23N3OS/c1-5-9-20-15(4)18-19-17(20)22-11-6-10-21-16-12-13(2)7-8-14(16)3/h5,7-8,12H,1,6,9-11H2,2-4H3. The largest absolute Gasteiger partial charge is 0.493 e. The summed E-state index contributed by atoms with van der Waals surface area (Å²) in [6, 6.07) is 6.29. The van der Waals surface area contributed by atoms with Crippen LogP contribution < -0.4 is 4.74 Å². The summed E-state index contributed by atoms with van der Waals surface area (Å²) in [5.41, 5.74) is 2.41. The second kappa shape index (κ2) is 8.03. The molecule has 0 unspecified atom stereocenters. The van der Waals surface area contributed by atoms with E-state index in [-0.39, 0.29) is 0 Å². The highest BCUT2D eigenvalue weighted by Gasteiger charge is 2.07. The molecule has 2 rings (SSSR count). The maximum absolute atomic E-state index is 5.87. The number of rotatable bonds is 8. The van der Waals surface area contributed by atoms with E-state index in [2.05, 4.69) is 53.4 Å². The maximum atomic E-state index is 5.87. The van der Waals surface area contributed by atoms with Gasteiger partial charge in [-0.05, 0) is 44.4 Å². The summed E-state index contributed by atoms with van der Waals surface area (Å²) in [4.78, 5) is 0. The normalized spacial score (nSPS) is 10.7. The van der Waals surface area contributed by atoms with Crippen molar-refractivity contribution < 1.29 is 4.74 Å². The number of aromatic nitrogens is 3. The molecule has 0 amide bonds. The minimum absolute atomic E-state index is 0.714. The van der Waals surface area contributed by atoms with Crippen LogP contribution in [0.15, 0.2) is 36.0 Å². The van der Waals surface area contributed by atoms with Crippen molar-refractivity contribution >= 4 is 11.8 Å². The number of thioether (sulfide) groups is 1. The number of hydrogen-bond donors (Lipinski definition) is 0. The summed E-state index contributed by atoms with van der Waals surface area (Å²) in [7, 11) is 0. The van der Waals surface area contributed by atoms with E-state index in [0.29, 0.717) is 6.61 Å². The van der Waals surface area contributed by atoms with Gasteiger partial charge in [-0.15, -0.1) is 16.8 Å². The Bertz CT molecular complexity index is 637. The van der Waals surface area contributed by atoms with Crippen molar-refractivity contribution in [3.05, 3.63) is 47.8 Å². The van der Waals surface area contributed by atoms with Crippen molar-refractivity contribution in [2.45, 2.75) is 38.9 Å². The van der Waals surface area contributed by atoms with Gasteiger partial charge in [0.05, 0.1) is 6.61 Å². The molecule has 0 aliphatic heterocycles. The van der Waals surface area contributed by atoms with Crippen LogP contribution in [-0.2, 0) is 6.54 Å². The highest BCUT2D eigenvalue weighted by Crippen LogP contribution is 2.21. The van der Waals surface area contributed by atoms with Crippen LogP contribution in [0.5, 0.6) is 5.75 Å². The Balaban J connectivity index is 1.78. The highest BCUT2D eigenvalue weighted by molar-refractivity contribution is 7.99. The van der Waals surface area contributed by atoms with Gasteiger partial charge in [-0.2, -0.15) is 0 Å². The number of nitrogens with zero attached hydrogens (tertiary/aromatic N) is 3. The summed E-state index contributed by atoms with van der Waals surface area (Å²) in [6.07, 6.45) is 2.84. The fraction of sp³-hybridized carbons (Fsp3) is 0.412. The van der Waals surface area contributed by atoms with Crippen molar-refractivity contribution in [3.63, 3.8) is 0 Å². The molecule has 0 aliphatic rings. The second-order valence-electron chi connectivity index (χ2n) is 5.25. The van der Waals surface area contributed by atoms with Gasteiger partial charge in [0, 0.05) is 12.3 Å². The maximum Gasteiger partial charge on any atom is 0.191 e. The average Bonchev–Trinajstić information content (AvgIpc) is 2.84. The first kappa shape index (κ1) is 16.6.